The number of furan rings is 1. The highest BCUT2D eigenvalue weighted by Gasteiger charge is 2.14. The number of benzene rings is 3. The molecular weight excluding hydrogens is 432 g/mol. The van der Waals surface area contributed by atoms with Crippen LogP contribution in [0.15, 0.2) is 76.2 Å². The summed E-state index contributed by atoms with van der Waals surface area (Å²) in [7, 11) is 1.55. The molecule has 7 heteroatoms. The van der Waals surface area contributed by atoms with E-state index in [9.17, 15) is 4.79 Å². The maximum atomic E-state index is 12.5. The number of aryl methyl sites for hydroxylation is 1. The molecule has 0 spiro atoms. The summed E-state index contributed by atoms with van der Waals surface area (Å²) in [5.74, 6) is 1.49. The minimum absolute atomic E-state index is 0.145. The van der Waals surface area contributed by atoms with Gasteiger partial charge in [0.15, 0.2) is 28.6 Å². The van der Waals surface area contributed by atoms with Gasteiger partial charge >= 0.3 is 5.91 Å². The highest BCUT2D eigenvalue weighted by molar-refractivity contribution is 5.97. The number of methoxy groups -OCH3 is 1. The predicted octanol–water partition coefficient (Wildman–Crippen LogP) is 5.49. The third-order valence-corrected chi connectivity index (χ3v) is 5.08. The fourth-order valence-corrected chi connectivity index (χ4v) is 3.49. The number of ether oxygens (including phenoxy) is 3. The zero-order chi connectivity index (χ0) is 23.9. The summed E-state index contributed by atoms with van der Waals surface area (Å²) in [6.07, 6.45) is 1.54. The summed E-state index contributed by atoms with van der Waals surface area (Å²) < 4.78 is 22.6. The van der Waals surface area contributed by atoms with Gasteiger partial charge in [0, 0.05) is 5.39 Å². The number of carbonyl (C=O) groups excluding carboxylic acids is 1. The summed E-state index contributed by atoms with van der Waals surface area (Å²) in [4.78, 5) is 12.5. The Balaban J connectivity index is 1.43. The molecule has 0 radical (unpaired) electrons. The molecule has 4 rings (SSSR count). The van der Waals surface area contributed by atoms with Crippen molar-refractivity contribution >= 4 is 23.1 Å². The summed E-state index contributed by atoms with van der Waals surface area (Å²) in [6.45, 7) is 4.89. The van der Waals surface area contributed by atoms with E-state index in [-0.39, 0.29) is 5.76 Å². The number of carbonyl (C=O) groups is 1. The molecule has 0 saturated carbocycles. The van der Waals surface area contributed by atoms with Gasteiger partial charge in [-0.25, -0.2) is 5.43 Å². The van der Waals surface area contributed by atoms with Crippen LogP contribution in [0.5, 0.6) is 17.2 Å². The topological polar surface area (TPSA) is 82.3 Å². The number of rotatable bonds is 9. The number of hydrogen-bond donors (Lipinski definition) is 1. The largest absolute Gasteiger partial charge is 0.493 e. The van der Waals surface area contributed by atoms with Crippen molar-refractivity contribution in [1.82, 2.24) is 5.43 Å². The van der Waals surface area contributed by atoms with Crippen LogP contribution in [0.3, 0.4) is 0 Å². The Bertz CT molecular complexity index is 1330. The van der Waals surface area contributed by atoms with Crippen LogP contribution in [-0.2, 0) is 6.61 Å². The fraction of sp³-hybridized carbons (Fsp3) is 0.185. The highest BCUT2D eigenvalue weighted by Crippen LogP contribution is 2.30. The molecule has 0 saturated heterocycles. The van der Waals surface area contributed by atoms with Crippen LogP contribution in [0, 0.1) is 6.92 Å². The first-order valence-electron chi connectivity index (χ1n) is 10.9. The first-order chi connectivity index (χ1) is 16.6. The van der Waals surface area contributed by atoms with E-state index >= 15 is 0 Å². The normalized spacial score (nSPS) is 11.0. The molecule has 0 aliphatic rings. The van der Waals surface area contributed by atoms with E-state index in [0.29, 0.717) is 36.0 Å². The van der Waals surface area contributed by atoms with Crippen molar-refractivity contribution in [3.05, 3.63) is 89.2 Å². The second-order valence-electron chi connectivity index (χ2n) is 7.61. The number of para-hydroxylation sites is 1. The molecule has 4 aromatic rings. The van der Waals surface area contributed by atoms with Crippen molar-refractivity contribution in [2.45, 2.75) is 20.5 Å². The molecule has 0 aliphatic heterocycles. The lowest BCUT2D eigenvalue weighted by atomic mass is 10.1. The summed E-state index contributed by atoms with van der Waals surface area (Å²) in [5.41, 5.74) is 6.02. The zero-order valence-corrected chi connectivity index (χ0v) is 19.3. The van der Waals surface area contributed by atoms with Crippen molar-refractivity contribution < 1.29 is 23.4 Å². The molecule has 1 amide bonds. The van der Waals surface area contributed by atoms with Gasteiger partial charge in [0.05, 0.1) is 19.9 Å². The Labute approximate surface area is 197 Å². The molecule has 1 N–H and O–H groups in total. The van der Waals surface area contributed by atoms with Gasteiger partial charge in [0.25, 0.3) is 0 Å². The minimum atomic E-state index is -0.461. The standard InChI is InChI=1S/C27H26N2O5/c1-4-32-24-14-19(11-12-22(24)33-17-20-8-5-7-18(2)13-20)16-28-29-27(30)25-15-21-9-6-10-23(31-3)26(21)34-25/h5-16H,4,17H2,1-3H3,(H,29,30)/b28-16-. The molecular formula is C27H26N2O5. The highest BCUT2D eigenvalue weighted by atomic mass is 16.5. The SMILES string of the molecule is CCOc1cc(/C=N\NC(=O)c2cc3cccc(OC)c3o2)ccc1OCc1cccc(C)c1. The van der Waals surface area contributed by atoms with Gasteiger partial charge in [-0.1, -0.05) is 42.0 Å². The minimum Gasteiger partial charge on any atom is -0.493 e. The number of amides is 1. The van der Waals surface area contributed by atoms with Crippen molar-refractivity contribution in [1.29, 1.82) is 0 Å². The second-order valence-corrected chi connectivity index (χ2v) is 7.61. The van der Waals surface area contributed by atoms with E-state index in [0.717, 1.165) is 16.5 Å². The van der Waals surface area contributed by atoms with E-state index < -0.39 is 5.91 Å². The summed E-state index contributed by atoms with van der Waals surface area (Å²) in [6, 6.07) is 20.8. The van der Waals surface area contributed by atoms with Crippen molar-refractivity contribution in [2.24, 2.45) is 5.10 Å². The lowest BCUT2D eigenvalue weighted by Gasteiger charge is -2.13. The van der Waals surface area contributed by atoms with Crippen LogP contribution >= 0.6 is 0 Å². The molecule has 7 nitrogen and oxygen atoms in total. The van der Waals surface area contributed by atoms with E-state index in [1.54, 1.807) is 19.2 Å². The first-order valence-corrected chi connectivity index (χ1v) is 10.9. The Morgan fingerprint density at radius 1 is 1.00 bits per heavy atom. The summed E-state index contributed by atoms with van der Waals surface area (Å²) >= 11 is 0. The van der Waals surface area contributed by atoms with Crippen molar-refractivity contribution in [3.63, 3.8) is 0 Å². The number of fused-ring (bicyclic) bond motifs is 1. The molecule has 174 valence electrons. The van der Waals surface area contributed by atoms with Crippen LogP contribution in [0.4, 0.5) is 0 Å². The number of hydrazone groups is 1. The Hall–Kier alpha value is -4.26. The first kappa shape index (κ1) is 22.9. The van der Waals surface area contributed by atoms with Gasteiger partial charge in [-0.05, 0) is 55.3 Å². The maximum Gasteiger partial charge on any atom is 0.307 e. The van der Waals surface area contributed by atoms with Gasteiger partial charge in [0.2, 0.25) is 0 Å². The van der Waals surface area contributed by atoms with Gasteiger partial charge < -0.3 is 18.6 Å². The lowest BCUT2D eigenvalue weighted by molar-refractivity contribution is 0.0929. The van der Waals surface area contributed by atoms with E-state index in [1.165, 1.54) is 11.8 Å². The second kappa shape index (κ2) is 10.6. The Morgan fingerprint density at radius 3 is 2.65 bits per heavy atom. The molecule has 0 atom stereocenters. The molecule has 0 fully saturated rings. The molecule has 0 aliphatic carbocycles. The van der Waals surface area contributed by atoms with E-state index in [1.807, 2.05) is 62.4 Å². The van der Waals surface area contributed by atoms with Gasteiger partial charge in [-0.3, -0.25) is 4.79 Å². The molecule has 3 aromatic carbocycles. The number of hydrogen-bond acceptors (Lipinski definition) is 6. The molecule has 0 unspecified atom stereocenters. The van der Waals surface area contributed by atoms with Crippen LogP contribution in [0.25, 0.3) is 11.0 Å². The van der Waals surface area contributed by atoms with Crippen LogP contribution < -0.4 is 19.6 Å². The lowest BCUT2D eigenvalue weighted by Crippen LogP contribution is -2.16. The zero-order valence-electron chi connectivity index (χ0n) is 19.3. The van der Waals surface area contributed by atoms with Crippen LogP contribution in [0.1, 0.15) is 34.2 Å². The molecule has 1 heterocycles. The third kappa shape index (κ3) is 5.38. The maximum absolute atomic E-state index is 12.5. The fourth-order valence-electron chi connectivity index (χ4n) is 3.49. The van der Waals surface area contributed by atoms with E-state index in [4.69, 9.17) is 18.6 Å². The quantitative estimate of drug-likeness (QED) is 0.265. The Kier molecular flexibility index (Phi) is 7.13. The number of nitrogens with zero attached hydrogens (tertiary/aromatic N) is 1. The van der Waals surface area contributed by atoms with Crippen LogP contribution in [0.2, 0.25) is 0 Å². The van der Waals surface area contributed by atoms with Crippen LogP contribution in [-0.4, -0.2) is 25.8 Å². The monoisotopic (exact) mass is 458 g/mol. The van der Waals surface area contributed by atoms with E-state index in [2.05, 4.69) is 16.6 Å². The van der Waals surface area contributed by atoms with Crippen molar-refractivity contribution in [2.75, 3.05) is 13.7 Å². The number of nitrogens with one attached hydrogen (secondary N) is 1. The van der Waals surface area contributed by atoms with Gasteiger partial charge in [-0.15, -0.1) is 0 Å². The molecule has 1 aromatic heterocycles. The molecule has 34 heavy (non-hydrogen) atoms. The average molecular weight is 459 g/mol. The smallest absolute Gasteiger partial charge is 0.307 e. The van der Waals surface area contributed by atoms with Crippen molar-refractivity contribution in [3.8, 4) is 17.2 Å². The Morgan fingerprint density at radius 2 is 1.85 bits per heavy atom. The predicted molar refractivity (Wildman–Crippen MR) is 131 cm³/mol. The average Bonchev–Trinajstić information content (AvgIpc) is 3.28. The third-order valence-electron chi connectivity index (χ3n) is 5.08. The molecule has 0 bridgehead atoms. The van der Waals surface area contributed by atoms with Gasteiger partial charge in [0.1, 0.15) is 6.61 Å². The van der Waals surface area contributed by atoms with Gasteiger partial charge in [-0.2, -0.15) is 5.10 Å². The summed E-state index contributed by atoms with van der Waals surface area (Å²) in [5, 5.41) is 4.83.